The third kappa shape index (κ3) is 7.17. The third-order valence-corrected chi connectivity index (χ3v) is 7.03. The van der Waals surface area contributed by atoms with Gasteiger partial charge in [0.05, 0.1) is 11.5 Å². The number of aliphatic carboxylic acids is 1. The predicted molar refractivity (Wildman–Crippen MR) is 145 cm³/mol. The molecule has 37 heavy (non-hydrogen) atoms. The van der Waals surface area contributed by atoms with Gasteiger partial charge in [0.2, 0.25) is 0 Å². The van der Waals surface area contributed by atoms with Crippen LogP contribution < -0.4 is 10.6 Å². The number of carbonyl (C=O) groups is 1. The van der Waals surface area contributed by atoms with Crippen LogP contribution in [0.25, 0.3) is 11.0 Å². The Balaban J connectivity index is 1.32. The number of carboxylic acid groups (broad SMARTS) is 1. The van der Waals surface area contributed by atoms with Gasteiger partial charge in [-0.25, -0.2) is 19.7 Å². The molecular formula is C27H39N7O3. The van der Waals surface area contributed by atoms with Crippen LogP contribution in [0.15, 0.2) is 30.7 Å². The number of aryl methyl sites for hydroxylation is 3. The Hall–Kier alpha value is -3.24. The van der Waals surface area contributed by atoms with Gasteiger partial charge >= 0.3 is 5.97 Å². The second-order valence-corrected chi connectivity index (χ2v) is 9.85. The van der Waals surface area contributed by atoms with Crippen molar-refractivity contribution in [3.05, 3.63) is 42.0 Å². The molecule has 10 nitrogen and oxygen atoms in total. The van der Waals surface area contributed by atoms with E-state index in [2.05, 4.69) is 37.6 Å². The third-order valence-electron chi connectivity index (χ3n) is 7.03. The summed E-state index contributed by atoms with van der Waals surface area (Å²) in [6.07, 6.45) is 9.09. The molecule has 0 spiro atoms. The molecule has 0 radical (unpaired) electrons. The Kier molecular flexibility index (Phi) is 9.29. The van der Waals surface area contributed by atoms with Gasteiger partial charge in [-0.2, -0.15) is 0 Å². The molecule has 3 aromatic rings. The lowest BCUT2D eigenvalue weighted by atomic mass is 10.1. The fourth-order valence-electron chi connectivity index (χ4n) is 4.81. The molecule has 0 saturated carbocycles. The Morgan fingerprint density at radius 1 is 1.27 bits per heavy atom. The van der Waals surface area contributed by atoms with Gasteiger partial charge in [0, 0.05) is 45.7 Å². The lowest BCUT2D eigenvalue weighted by Crippen LogP contribution is -2.38. The van der Waals surface area contributed by atoms with E-state index in [-0.39, 0.29) is 6.10 Å². The Bertz CT molecular complexity index is 1180. The molecule has 2 atom stereocenters. The van der Waals surface area contributed by atoms with Gasteiger partial charge in [-0.1, -0.05) is 6.07 Å². The van der Waals surface area contributed by atoms with Crippen LogP contribution in [-0.2, 0) is 29.4 Å². The highest BCUT2D eigenvalue weighted by atomic mass is 16.5. The molecule has 0 aromatic carbocycles. The number of aromatic nitrogens is 4. The zero-order valence-corrected chi connectivity index (χ0v) is 22.1. The van der Waals surface area contributed by atoms with Crippen LogP contribution in [0, 0.1) is 0 Å². The summed E-state index contributed by atoms with van der Waals surface area (Å²) in [5.74, 6) is 0.694. The summed E-state index contributed by atoms with van der Waals surface area (Å²) in [5.41, 5.74) is 3.20. The monoisotopic (exact) mass is 509 g/mol. The molecule has 200 valence electrons. The summed E-state index contributed by atoms with van der Waals surface area (Å²) in [6, 6.07) is 5.49. The Morgan fingerprint density at radius 2 is 2.14 bits per heavy atom. The van der Waals surface area contributed by atoms with Crippen molar-refractivity contribution in [3.63, 3.8) is 0 Å². The highest BCUT2D eigenvalue weighted by Gasteiger charge is 2.21. The molecule has 1 aliphatic heterocycles. The van der Waals surface area contributed by atoms with Crippen molar-refractivity contribution in [3.8, 4) is 0 Å². The maximum Gasteiger partial charge on any atom is 0.326 e. The smallest absolute Gasteiger partial charge is 0.326 e. The van der Waals surface area contributed by atoms with Crippen LogP contribution in [0.5, 0.6) is 0 Å². The van der Waals surface area contributed by atoms with Crippen molar-refractivity contribution >= 4 is 28.6 Å². The summed E-state index contributed by atoms with van der Waals surface area (Å²) in [4.78, 5) is 27.8. The quantitative estimate of drug-likeness (QED) is 0.281. The number of nitrogens with one attached hydrogen (secondary N) is 2. The Labute approximate surface area is 218 Å². The van der Waals surface area contributed by atoms with Crippen molar-refractivity contribution in [1.82, 2.24) is 24.4 Å². The SMILES string of the molecule is CO[C@H](C)CN(CCCCc1ccc2c(n1)NCCC2)CCC(Nc1ncnc2c1ccn2C)C(=O)O. The van der Waals surface area contributed by atoms with Crippen LogP contribution in [0.2, 0.25) is 0 Å². The minimum atomic E-state index is -0.894. The molecule has 4 heterocycles. The minimum Gasteiger partial charge on any atom is -0.480 e. The van der Waals surface area contributed by atoms with Gasteiger partial charge in [-0.3, -0.25) is 0 Å². The van der Waals surface area contributed by atoms with E-state index in [4.69, 9.17) is 9.72 Å². The molecule has 0 bridgehead atoms. The van der Waals surface area contributed by atoms with E-state index in [9.17, 15) is 9.90 Å². The van der Waals surface area contributed by atoms with Gasteiger partial charge in [-0.15, -0.1) is 0 Å². The fourth-order valence-corrected chi connectivity index (χ4v) is 4.81. The number of unbranched alkanes of at least 4 members (excludes halogenated alkanes) is 1. The van der Waals surface area contributed by atoms with Crippen molar-refractivity contribution in [2.24, 2.45) is 7.05 Å². The zero-order valence-electron chi connectivity index (χ0n) is 22.1. The largest absolute Gasteiger partial charge is 0.480 e. The molecule has 3 N–H and O–H groups in total. The summed E-state index contributed by atoms with van der Waals surface area (Å²) in [5, 5.41) is 17.3. The van der Waals surface area contributed by atoms with E-state index in [0.29, 0.717) is 18.8 Å². The average Bonchev–Trinajstić information content (AvgIpc) is 3.29. The van der Waals surface area contributed by atoms with Crippen LogP contribution >= 0.6 is 0 Å². The van der Waals surface area contributed by atoms with E-state index in [1.54, 1.807) is 7.11 Å². The lowest BCUT2D eigenvalue weighted by Gasteiger charge is -2.27. The summed E-state index contributed by atoms with van der Waals surface area (Å²) >= 11 is 0. The summed E-state index contributed by atoms with van der Waals surface area (Å²) in [7, 11) is 3.61. The number of rotatable bonds is 14. The highest BCUT2D eigenvalue weighted by molar-refractivity contribution is 5.89. The summed E-state index contributed by atoms with van der Waals surface area (Å²) < 4.78 is 7.39. The van der Waals surface area contributed by atoms with Crippen molar-refractivity contribution in [2.45, 2.75) is 57.6 Å². The molecule has 0 aliphatic carbocycles. The topological polar surface area (TPSA) is 117 Å². The predicted octanol–water partition coefficient (Wildman–Crippen LogP) is 3.34. The van der Waals surface area contributed by atoms with Crippen LogP contribution in [0.4, 0.5) is 11.6 Å². The van der Waals surface area contributed by atoms with E-state index < -0.39 is 12.0 Å². The lowest BCUT2D eigenvalue weighted by molar-refractivity contribution is -0.138. The first-order valence-corrected chi connectivity index (χ1v) is 13.2. The van der Waals surface area contributed by atoms with Gasteiger partial charge in [0.1, 0.15) is 29.7 Å². The number of carboxylic acids is 1. The first-order chi connectivity index (χ1) is 17.9. The minimum absolute atomic E-state index is 0.0652. The molecule has 1 unspecified atom stereocenters. The van der Waals surface area contributed by atoms with Gasteiger partial charge < -0.3 is 29.9 Å². The van der Waals surface area contributed by atoms with Crippen molar-refractivity contribution in [2.75, 3.05) is 43.9 Å². The highest BCUT2D eigenvalue weighted by Crippen LogP contribution is 2.22. The molecule has 1 aliphatic rings. The molecule has 4 rings (SSSR count). The van der Waals surface area contributed by atoms with Crippen molar-refractivity contribution < 1.29 is 14.6 Å². The van der Waals surface area contributed by atoms with Crippen LogP contribution in [0.3, 0.4) is 0 Å². The Morgan fingerprint density at radius 3 is 2.95 bits per heavy atom. The number of hydrogen-bond donors (Lipinski definition) is 3. The van der Waals surface area contributed by atoms with E-state index in [1.165, 1.54) is 11.9 Å². The molecular weight excluding hydrogens is 470 g/mol. The summed E-state index contributed by atoms with van der Waals surface area (Å²) in [6.45, 7) is 5.30. The van der Waals surface area contributed by atoms with Gasteiger partial charge in [-0.05, 0) is 69.7 Å². The number of nitrogens with zero attached hydrogens (tertiary/aromatic N) is 5. The van der Waals surface area contributed by atoms with Gasteiger partial charge in [0.25, 0.3) is 0 Å². The maximum atomic E-state index is 12.1. The molecule has 0 saturated heterocycles. The van der Waals surface area contributed by atoms with Crippen LogP contribution in [-0.4, -0.2) is 80.9 Å². The van der Waals surface area contributed by atoms with Crippen LogP contribution in [0.1, 0.15) is 43.9 Å². The normalized spacial score (nSPS) is 14.8. The number of ether oxygens (including phenoxy) is 1. The first-order valence-electron chi connectivity index (χ1n) is 13.2. The second kappa shape index (κ2) is 12.8. The number of anilines is 2. The molecule has 10 heteroatoms. The fraction of sp³-hybridized carbons (Fsp3) is 0.556. The number of hydrogen-bond acceptors (Lipinski definition) is 8. The van der Waals surface area contributed by atoms with E-state index in [1.807, 2.05) is 30.8 Å². The van der Waals surface area contributed by atoms with E-state index >= 15 is 0 Å². The molecule has 3 aromatic heterocycles. The maximum absolute atomic E-state index is 12.1. The average molecular weight is 510 g/mol. The second-order valence-electron chi connectivity index (χ2n) is 9.85. The molecule has 0 fully saturated rings. The molecule has 0 amide bonds. The van der Waals surface area contributed by atoms with Crippen molar-refractivity contribution in [1.29, 1.82) is 0 Å². The first kappa shape index (κ1) is 26.8. The number of methoxy groups -OCH3 is 1. The standard InChI is InChI=1S/C27H39N7O3/c1-19(37-3)17-34(14-5-4-8-21-10-9-20-7-6-13-28-24(20)31-21)16-12-23(27(35)36)32-25-22-11-15-33(2)26(22)30-18-29-25/h9-11,15,18-19,23H,4-8,12-14,16-17H2,1-3H3,(H,28,31)(H,35,36)(H,29,30,32)/t19-,23?/m1/s1. The number of pyridine rings is 1. The van der Waals surface area contributed by atoms with Gasteiger partial charge in [0.15, 0.2) is 0 Å². The zero-order chi connectivity index (χ0) is 26.2. The van der Waals surface area contributed by atoms with E-state index in [0.717, 1.165) is 74.3 Å². The number of fused-ring (bicyclic) bond motifs is 2.